The average Bonchev–Trinajstić information content (AvgIpc) is 2.50. The van der Waals surface area contributed by atoms with Crippen LogP contribution in [-0.4, -0.2) is 17.4 Å². The molecule has 86 valence electrons. The molecule has 0 saturated heterocycles. The van der Waals surface area contributed by atoms with Gasteiger partial charge in [0.05, 0.1) is 0 Å². The van der Waals surface area contributed by atoms with Gasteiger partial charge in [-0.05, 0) is 55.8 Å². The van der Waals surface area contributed by atoms with Crippen molar-refractivity contribution in [2.75, 3.05) is 0 Å². The molecule has 0 aromatic carbocycles. The van der Waals surface area contributed by atoms with Crippen molar-refractivity contribution in [1.29, 1.82) is 0 Å². The van der Waals surface area contributed by atoms with E-state index in [0.29, 0.717) is 17.7 Å². The number of aliphatic imine (C=N–C) groups is 1. The van der Waals surface area contributed by atoms with Crippen molar-refractivity contribution in [1.82, 2.24) is 5.32 Å². The van der Waals surface area contributed by atoms with Gasteiger partial charge in [-0.25, -0.2) is 4.79 Å². The Morgan fingerprint density at radius 2 is 1.69 bits per heavy atom. The summed E-state index contributed by atoms with van der Waals surface area (Å²) in [4.78, 5) is 15.4. The van der Waals surface area contributed by atoms with E-state index in [9.17, 15) is 4.79 Å². The number of nitrogens with two attached hydrogens (primary N) is 1. The predicted molar refractivity (Wildman–Crippen MR) is 59.9 cm³/mol. The molecule has 4 fully saturated rings. The van der Waals surface area contributed by atoms with Gasteiger partial charge in [0.1, 0.15) is 11.4 Å². The van der Waals surface area contributed by atoms with Crippen molar-refractivity contribution in [2.24, 2.45) is 34.4 Å². The fourth-order valence-corrected chi connectivity index (χ4v) is 5.02. The van der Waals surface area contributed by atoms with Gasteiger partial charge in [-0.2, -0.15) is 4.99 Å². The first kappa shape index (κ1) is 9.02. The summed E-state index contributed by atoms with van der Waals surface area (Å²) in [6.45, 7) is 0. The molecule has 1 spiro atoms. The summed E-state index contributed by atoms with van der Waals surface area (Å²) in [5.41, 5.74) is 5.81. The van der Waals surface area contributed by atoms with Crippen LogP contribution in [0.1, 0.15) is 32.1 Å². The minimum absolute atomic E-state index is 0.218. The zero-order chi connectivity index (χ0) is 10.9. The fraction of sp³-hybridized carbons (Fsp3) is 0.833. The smallest absolute Gasteiger partial charge is 0.343 e. The minimum Gasteiger partial charge on any atom is -0.385 e. The lowest BCUT2D eigenvalue weighted by atomic mass is 9.48. The number of rotatable bonds is 0. The Hall–Kier alpha value is -1.06. The monoisotopic (exact) mass is 219 g/mol. The number of nitrogens with zero attached hydrogens (tertiary/aromatic N) is 1. The van der Waals surface area contributed by atoms with E-state index >= 15 is 0 Å². The molecule has 4 bridgehead atoms. The normalized spacial score (nSPS) is 53.2. The highest BCUT2D eigenvalue weighted by Crippen LogP contribution is 2.58. The van der Waals surface area contributed by atoms with Crippen molar-refractivity contribution >= 4 is 11.9 Å². The van der Waals surface area contributed by atoms with Gasteiger partial charge in [0.15, 0.2) is 0 Å². The minimum atomic E-state index is -0.246. The molecule has 0 aromatic rings. The molecular weight excluding hydrogens is 202 g/mol. The maximum Gasteiger partial charge on any atom is 0.343 e. The number of amidine groups is 1. The quantitative estimate of drug-likeness (QED) is 0.644. The molecule has 1 heterocycles. The van der Waals surface area contributed by atoms with E-state index in [1.54, 1.807) is 0 Å². The molecule has 1 aliphatic heterocycles. The highest BCUT2D eigenvalue weighted by Gasteiger charge is 2.61. The third-order valence-corrected chi connectivity index (χ3v) is 5.39. The van der Waals surface area contributed by atoms with Gasteiger partial charge in [-0.3, -0.25) is 0 Å². The first-order valence-electron chi connectivity index (χ1n) is 6.35. The molecule has 3 N–H and O–H groups in total. The highest BCUT2D eigenvalue weighted by atomic mass is 16.2. The zero-order valence-electron chi connectivity index (χ0n) is 9.28. The Balaban J connectivity index is 1.80. The van der Waals surface area contributed by atoms with Gasteiger partial charge in [-0.15, -0.1) is 0 Å². The van der Waals surface area contributed by atoms with Gasteiger partial charge in [0.2, 0.25) is 0 Å². The Morgan fingerprint density at radius 1 is 1.12 bits per heavy atom. The van der Waals surface area contributed by atoms with Gasteiger partial charge < -0.3 is 11.1 Å². The Kier molecular flexibility index (Phi) is 1.47. The first-order valence-corrected chi connectivity index (χ1v) is 6.35. The zero-order valence-corrected chi connectivity index (χ0v) is 9.28. The molecule has 2 amide bonds. The van der Waals surface area contributed by atoms with Crippen molar-refractivity contribution in [3.63, 3.8) is 0 Å². The first-order chi connectivity index (χ1) is 7.68. The van der Waals surface area contributed by atoms with Crippen LogP contribution >= 0.6 is 0 Å². The molecule has 0 atom stereocenters. The topological polar surface area (TPSA) is 67.5 Å². The second-order valence-electron chi connectivity index (χ2n) is 6.10. The summed E-state index contributed by atoms with van der Waals surface area (Å²) >= 11 is 0. The number of carbonyl (C=O) groups is 1. The standard InChI is InChI=1S/C12H17N3O/c13-10-12(15-11(16)14-10)8-2-6-1-7(4-8)5-9(12)3-6/h6-9H,1-5H2,(H3,13,14,15,16). The van der Waals surface area contributed by atoms with Gasteiger partial charge in [-0.1, -0.05) is 0 Å². The van der Waals surface area contributed by atoms with Crippen molar-refractivity contribution in [3.05, 3.63) is 0 Å². The highest BCUT2D eigenvalue weighted by molar-refractivity contribution is 6.06. The Labute approximate surface area is 94.7 Å². The van der Waals surface area contributed by atoms with Crippen molar-refractivity contribution < 1.29 is 4.79 Å². The third-order valence-electron chi connectivity index (χ3n) is 5.39. The van der Waals surface area contributed by atoms with E-state index in [-0.39, 0.29) is 11.6 Å². The van der Waals surface area contributed by atoms with E-state index in [1.807, 2.05) is 0 Å². The SMILES string of the molecule is NC1=NC(=O)NC12C1CC3CC(C1)CC2C3. The molecule has 16 heavy (non-hydrogen) atoms. The van der Waals surface area contributed by atoms with Crippen LogP contribution in [0.3, 0.4) is 0 Å². The second-order valence-corrected chi connectivity index (χ2v) is 6.10. The van der Waals surface area contributed by atoms with E-state index in [4.69, 9.17) is 5.73 Å². The van der Waals surface area contributed by atoms with Crippen LogP contribution in [0.5, 0.6) is 0 Å². The predicted octanol–water partition coefficient (Wildman–Crippen LogP) is 1.26. The molecular formula is C12H17N3O. The summed E-state index contributed by atoms with van der Waals surface area (Å²) in [5.74, 6) is 3.46. The number of hydrogen-bond donors (Lipinski definition) is 2. The second kappa shape index (κ2) is 2.60. The maximum absolute atomic E-state index is 11.5. The van der Waals surface area contributed by atoms with E-state index in [2.05, 4.69) is 10.3 Å². The molecule has 4 heteroatoms. The van der Waals surface area contributed by atoms with Crippen LogP contribution in [-0.2, 0) is 0 Å². The Bertz CT molecular complexity index is 373. The number of carbonyl (C=O) groups excluding carboxylic acids is 1. The van der Waals surface area contributed by atoms with Gasteiger partial charge >= 0.3 is 6.03 Å². The number of urea groups is 1. The van der Waals surface area contributed by atoms with E-state index in [0.717, 1.165) is 11.8 Å². The molecule has 5 aliphatic rings. The summed E-state index contributed by atoms with van der Waals surface area (Å²) in [5, 5.41) is 3.09. The summed E-state index contributed by atoms with van der Waals surface area (Å²) in [6.07, 6.45) is 6.37. The molecule has 0 unspecified atom stereocenters. The van der Waals surface area contributed by atoms with Crippen LogP contribution in [0, 0.1) is 23.7 Å². The molecule has 0 aromatic heterocycles. The van der Waals surface area contributed by atoms with Crippen LogP contribution < -0.4 is 11.1 Å². The van der Waals surface area contributed by atoms with Crippen molar-refractivity contribution in [3.8, 4) is 0 Å². The Morgan fingerprint density at radius 3 is 2.12 bits per heavy atom. The lowest BCUT2D eigenvalue weighted by Crippen LogP contribution is -2.68. The number of amides is 2. The summed E-state index contributed by atoms with van der Waals surface area (Å²) in [7, 11) is 0. The lowest BCUT2D eigenvalue weighted by molar-refractivity contribution is -0.0331. The molecule has 4 aliphatic carbocycles. The molecule has 5 rings (SSSR count). The number of hydrogen-bond acceptors (Lipinski definition) is 2. The number of nitrogens with one attached hydrogen (secondary N) is 1. The van der Waals surface area contributed by atoms with Crippen LogP contribution in [0.15, 0.2) is 4.99 Å². The molecule has 4 nitrogen and oxygen atoms in total. The van der Waals surface area contributed by atoms with Crippen LogP contribution in [0.25, 0.3) is 0 Å². The van der Waals surface area contributed by atoms with Crippen LogP contribution in [0.4, 0.5) is 4.79 Å². The lowest BCUT2D eigenvalue weighted by Gasteiger charge is -2.59. The van der Waals surface area contributed by atoms with E-state index < -0.39 is 0 Å². The van der Waals surface area contributed by atoms with Gasteiger partial charge in [0, 0.05) is 0 Å². The van der Waals surface area contributed by atoms with Crippen molar-refractivity contribution in [2.45, 2.75) is 37.6 Å². The van der Waals surface area contributed by atoms with Gasteiger partial charge in [0.25, 0.3) is 0 Å². The average molecular weight is 219 g/mol. The summed E-state index contributed by atoms with van der Waals surface area (Å²) < 4.78 is 0. The molecule has 4 saturated carbocycles. The summed E-state index contributed by atoms with van der Waals surface area (Å²) in [6, 6.07) is -0.218. The largest absolute Gasteiger partial charge is 0.385 e. The maximum atomic E-state index is 11.5. The fourth-order valence-electron chi connectivity index (χ4n) is 5.02. The molecule has 0 radical (unpaired) electrons. The van der Waals surface area contributed by atoms with E-state index in [1.165, 1.54) is 32.1 Å². The third kappa shape index (κ3) is 0.874. The van der Waals surface area contributed by atoms with Crippen LogP contribution in [0.2, 0.25) is 0 Å².